The summed E-state index contributed by atoms with van der Waals surface area (Å²) < 4.78 is 0. The van der Waals surface area contributed by atoms with Crippen LogP contribution in [-0.4, -0.2) is 27.3 Å². The van der Waals surface area contributed by atoms with Crippen molar-refractivity contribution in [2.45, 2.75) is 23.7 Å². The topological polar surface area (TPSA) is 98.0 Å². The maximum atomic E-state index is 12.3. The molecule has 9 heteroatoms. The summed E-state index contributed by atoms with van der Waals surface area (Å²) in [4.78, 5) is 23.6. The Morgan fingerprint density at radius 2 is 2.23 bits per heavy atom. The summed E-state index contributed by atoms with van der Waals surface area (Å²) in [5.74, 6) is -0.0848. The molecule has 1 saturated carbocycles. The van der Waals surface area contributed by atoms with E-state index >= 15 is 0 Å². The molecule has 1 heterocycles. The molecular weight excluding hydrogens is 324 g/mol. The molecule has 0 radical (unpaired) electrons. The van der Waals surface area contributed by atoms with Gasteiger partial charge in [0.2, 0.25) is 5.13 Å². The molecule has 7 nitrogen and oxygen atoms in total. The maximum absolute atomic E-state index is 12.3. The van der Waals surface area contributed by atoms with Crippen molar-refractivity contribution >= 4 is 39.8 Å². The Labute approximate surface area is 134 Å². The lowest BCUT2D eigenvalue weighted by Crippen LogP contribution is -2.14. The summed E-state index contributed by atoms with van der Waals surface area (Å²) >= 11 is 2.74. The molecule has 1 aliphatic carbocycles. The van der Waals surface area contributed by atoms with Crippen LogP contribution in [0.15, 0.2) is 23.1 Å². The average molecular weight is 336 g/mol. The first kappa shape index (κ1) is 14.9. The van der Waals surface area contributed by atoms with Gasteiger partial charge in [0.1, 0.15) is 10.6 Å². The molecule has 0 unspecified atom stereocenters. The number of carbonyl (C=O) groups excluding carboxylic acids is 1. The zero-order chi connectivity index (χ0) is 15.7. The van der Waals surface area contributed by atoms with Crippen LogP contribution < -0.4 is 5.32 Å². The number of thioether (sulfide) groups is 1. The minimum absolute atomic E-state index is 0.0278. The highest BCUT2D eigenvalue weighted by molar-refractivity contribution is 7.98. The first-order valence-electron chi connectivity index (χ1n) is 6.55. The molecule has 114 valence electrons. The van der Waals surface area contributed by atoms with Crippen LogP contribution in [0.5, 0.6) is 0 Å². The van der Waals surface area contributed by atoms with Crippen LogP contribution in [-0.2, 0) is 0 Å². The van der Waals surface area contributed by atoms with Crippen LogP contribution in [0.2, 0.25) is 0 Å². The van der Waals surface area contributed by atoms with E-state index in [1.54, 1.807) is 6.07 Å². The molecule has 1 N–H and O–H groups in total. The first-order chi connectivity index (χ1) is 10.6. The Kier molecular flexibility index (Phi) is 4.08. The molecule has 0 saturated heterocycles. The molecular formula is C13H12N4O3S2. The number of nitro benzene ring substituents is 1. The van der Waals surface area contributed by atoms with Crippen LogP contribution in [0.25, 0.3) is 0 Å². The largest absolute Gasteiger partial charge is 0.296 e. The van der Waals surface area contributed by atoms with E-state index in [1.807, 2.05) is 6.26 Å². The van der Waals surface area contributed by atoms with Crippen molar-refractivity contribution in [3.8, 4) is 0 Å². The zero-order valence-electron chi connectivity index (χ0n) is 11.6. The molecule has 1 fully saturated rings. The number of nitrogens with zero attached hydrogens (tertiary/aromatic N) is 3. The van der Waals surface area contributed by atoms with Crippen molar-refractivity contribution in [3.63, 3.8) is 0 Å². The Bertz CT molecular complexity index is 743. The highest BCUT2D eigenvalue weighted by Crippen LogP contribution is 2.42. The summed E-state index contributed by atoms with van der Waals surface area (Å²) in [5.41, 5.74) is -0.192. The third-order valence-corrected chi connectivity index (χ3v) is 4.96. The number of nitro groups is 1. The lowest BCUT2D eigenvalue weighted by atomic mass is 10.1. The summed E-state index contributed by atoms with van der Waals surface area (Å²) in [7, 11) is 0. The van der Waals surface area contributed by atoms with E-state index in [1.165, 1.54) is 35.2 Å². The number of rotatable bonds is 5. The second-order valence-electron chi connectivity index (χ2n) is 4.81. The molecule has 0 atom stereocenters. The highest BCUT2D eigenvalue weighted by Gasteiger charge is 2.28. The number of amides is 1. The zero-order valence-corrected chi connectivity index (χ0v) is 13.2. The normalized spacial score (nSPS) is 13.9. The van der Waals surface area contributed by atoms with E-state index in [9.17, 15) is 14.9 Å². The Morgan fingerprint density at radius 3 is 2.86 bits per heavy atom. The van der Waals surface area contributed by atoms with Crippen LogP contribution in [0.1, 0.15) is 34.1 Å². The number of carbonyl (C=O) groups is 1. The number of hydrogen-bond donors (Lipinski definition) is 1. The molecule has 0 bridgehead atoms. The Balaban J connectivity index is 1.84. The number of anilines is 1. The fraction of sp³-hybridized carbons (Fsp3) is 0.308. The predicted molar refractivity (Wildman–Crippen MR) is 84.7 cm³/mol. The standard InChI is InChI=1S/C13H12N4O3S2/c1-21-8-4-5-10(17(19)20)9(6-8)11(18)14-13-16-15-12(22-13)7-2-3-7/h4-7H,2-3H2,1H3,(H,14,16,18). The minimum Gasteiger partial charge on any atom is -0.296 e. The van der Waals surface area contributed by atoms with E-state index in [0.29, 0.717) is 11.0 Å². The number of nitrogens with one attached hydrogen (secondary N) is 1. The predicted octanol–water partition coefficient (Wildman–Crippen LogP) is 3.30. The van der Waals surface area contributed by atoms with E-state index in [4.69, 9.17) is 0 Å². The van der Waals surface area contributed by atoms with Crippen molar-refractivity contribution in [3.05, 3.63) is 38.9 Å². The van der Waals surface area contributed by atoms with Gasteiger partial charge in [0.05, 0.1) is 4.92 Å². The minimum atomic E-state index is -0.561. The second-order valence-corrected chi connectivity index (χ2v) is 6.70. The van der Waals surface area contributed by atoms with Crippen molar-refractivity contribution in [2.24, 2.45) is 0 Å². The number of benzene rings is 1. The second kappa shape index (κ2) is 6.01. The van der Waals surface area contributed by atoms with Gasteiger partial charge in [0.25, 0.3) is 11.6 Å². The van der Waals surface area contributed by atoms with E-state index < -0.39 is 10.8 Å². The average Bonchev–Trinajstić information content (AvgIpc) is 3.26. The van der Waals surface area contributed by atoms with Crippen molar-refractivity contribution in [1.29, 1.82) is 0 Å². The van der Waals surface area contributed by atoms with E-state index in [0.717, 1.165) is 22.7 Å². The van der Waals surface area contributed by atoms with Gasteiger partial charge >= 0.3 is 0 Å². The van der Waals surface area contributed by atoms with Gasteiger partial charge in [-0.3, -0.25) is 20.2 Å². The number of hydrogen-bond acceptors (Lipinski definition) is 7. The molecule has 1 aliphatic rings. The lowest BCUT2D eigenvalue weighted by Gasteiger charge is -2.04. The van der Waals surface area contributed by atoms with Gasteiger partial charge in [-0.1, -0.05) is 11.3 Å². The Morgan fingerprint density at radius 1 is 1.45 bits per heavy atom. The molecule has 1 amide bonds. The van der Waals surface area contributed by atoms with Gasteiger partial charge < -0.3 is 0 Å². The fourth-order valence-corrected chi connectivity index (χ4v) is 3.28. The van der Waals surface area contributed by atoms with Gasteiger partial charge in [-0.05, 0) is 31.2 Å². The van der Waals surface area contributed by atoms with Crippen LogP contribution in [0.3, 0.4) is 0 Å². The van der Waals surface area contributed by atoms with Crippen LogP contribution >= 0.6 is 23.1 Å². The van der Waals surface area contributed by atoms with Gasteiger partial charge in [-0.2, -0.15) is 0 Å². The van der Waals surface area contributed by atoms with E-state index in [-0.39, 0.29) is 11.3 Å². The van der Waals surface area contributed by atoms with Crippen molar-refractivity contribution in [1.82, 2.24) is 10.2 Å². The van der Waals surface area contributed by atoms with Gasteiger partial charge in [-0.15, -0.1) is 22.0 Å². The molecule has 0 spiro atoms. The summed E-state index contributed by atoms with van der Waals surface area (Å²) in [6.45, 7) is 0. The summed E-state index contributed by atoms with van der Waals surface area (Å²) in [5, 5.41) is 22.9. The third-order valence-electron chi connectivity index (χ3n) is 3.23. The van der Waals surface area contributed by atoms with Gasteiger partial charge in [0, 0.05) is 16.9 Å². The number of aromatic nitrogens is 2. The summed E-state index contributed by atoms with van der Waals surface area (Å²) in [6.07, 6.45) is 4.04. The van der Waals surface area contributed by atoms with Gasteiger partial charge in [-0.25, -0.2) is 0 Å². The quantitative estimate of drug-likeness (QED) is 0.511. The smallest absolute Gasteiger partial charge is 0.282 e. The lowest BCUT2D eigenvalue weighted by molar-refractivity contribution is -0.385. The Hall–Kier alpha value is -2.00. The fourth-order valence-electron chi connectivity index (χ4n) is 1.93. The first-order valence-corrected chi connectivity index (χ1v) is 8.60. The van der Waals surface area contributed by atoms with Gasteiger partial charge in [0.15, 0.2) is 0 Å². The molecule has 2 aromatic rings. The molecule has 1 aromatic heterocycles. The van der Waals surface area contributed by atoms with Crippen LogP contribution in [0.4, 0.5) is 10.8 Å². The maximum Gasteiger partial charge on any atom is 0.282 e. The molecule has 1 aromatic carbocycles. The molecule has 0 aliphatic heterocycles. The monoisotopic (exact) mass is 336 g/mol. The highest BCUT2D eigenvalue weighted by atomic mass is 32.2. The SMILES string of the molecule is CSc1ccc([N+](=O)[O-])c(C(=O)Nc2nnc(C3CC3)s2)c1. The molecule has 3 rings (SSSR count). The van der Waals surface area contributed by atoms with E-state index in [2.05, 4.69) is 15.5 Å². The van der Waals surface area contributed by atoms with Crippen LogP contribution in [0, 0.1) is 10.1 Å². The molecule has 22 heavy (non-hydrogen) atoms. The third kappa shape index (κ3) is 3.09. The summed E-state index contributed by atoms with van der Waals surface area (Å²) in [6, 6.07) is 4.48. The van der Waals surface area contributed by atoms with Crippen molar-refractivity contribution < 1.29 is 9.72 Å². The van der Waals surface area contributed by atoms with Crippen molar-refractivity contribution in [2.75, 3.05) is 11.6 Å².